The molecule has 3 N–H and O–H groups in total. The lowest BCUT2D eigenvalue weighted by Crippen LogP contribution is -2.42. The first kappa shape index (κ1) is 40.1. The summed E-state index contributed by atoms with van der Waals surface area (Å²) in [5, 5.41) is 5.03. The van der Waals surface area contributed by atoms with Crippen LogP contribution in [0.3, 0.4) is 0 Å². The summed E-state index contributed by atoms with van der Waals surface area (Å²) < 4.78 is 65.8. The number of carbonyl (C=O) groups excluding carboxylic acids is 3. The topological polar surface area (TPSA) is 188 Å². The van der Waals surface area contributed by atoms with Gasteiger partial charge in [-0.2, -0.15) is 0 Å². The highest BCUT2D eigenvalue weighted by atomic mass is 32.2. The molecule has 2 heterocycles. The number of aromatic nitrogens is 3. The Morgan fingerprint density at radius 3 is 2.30 bits per heavy atom. The largest absolute Gasteiger partial charge is 0.464 e. The molecule has 14 nitrogen and oxygen atoms in total. The molecule has 0 fully saturated rings. The normalized spacial score (nSPS) is 12.1. The monoisotopic (exact) mass is 754 g/mol. The number of amides is 2. The fraction of sp³-hybridized carbons (Fsp3) is 0.333. The van der Waals surface area contributed by atoms with Crippen LogP contribution in [0.2, 0.25) is 0 Å². The minimum absolute atomic E-state index is 0.0502. The molecule has 0 aliphatic rings. The number of sulfonamides is 1. The van der Waals surface area contributed by atoms with Gasteiger partial charge >= 0.3 is 11.7 Å². The Morgan fingerprint density at radius 2 is 1.68 bits per heavy atom. The van der Waals surface area contributed by atoms with Crippen LogP contribution < -0.4 is 26.6 Å². The third-order valence-corrected chi connectivity index (χ3v) is 9.28. The molecule has 53 heavy (non-hydrogen) atoms. The van der Waals surface area contributed by atoms with Gasteiger partial charge in [0.1, 0.15) is 23.5 Å². The summed E-state index contributed by atoms with van der Waals surface area (Å²) in [5.74, 6) is -4.74. The second-order valence-corrected chi connectivity index (χ2v) is 14.8. The zero-order valence-corrected chi connectivity index (χ0v) is 30.6. The number of halogens is 2. The quantitative estimate of drug-likeness (QED) is 0.126. The number of esters is 1. The maximum Gasteiger partial charge on any atom is 0.336 e. The molecule has 282 valence electrons. The van der Waals surface area contributed by atoms with Crippen molar-refractivity contribution in [3.8, 4) is 5.82 Å². The predicted molar refractivity (Wildman–Crippen MR) is 192 cm³/mol. The van der Waals surface area contributed by atoms with E-state index in [-0.39, 0.29) is 36.1 Å². The SMILES string of the molecule is CCCCOC(=O)[C@H](CCc1ccc(-n2c(=O)ccn(C)c2=O)nc1)NC(=O)c1cc(F)c(NS(=O)(=O)c2ccc(NC(=O)C(C)(C)C)cc2)cc1F. The fourth-order valence-electron chi connectivity index (χ4n) is 4.73. The standard InChI is InChI=1S/C36H40F2N6O8S/c1-6-7-18-52-33(47)28(14-8-22-9-15-30(39-21-22)44-31(45)16-17-43(5)35(44)49)41-32(46)25-19-27(38)29(20-26(25)37)42-53(50,51)24-12-10-23(11-13-24)40-34(48)36(2,3)4/h9-13,15-17,19-21,28,42H,6-8,14,18H2,1-5H3,(H,40,48)(H,41,46)/t28-/m0/s1. The Bertz CT molecular complexity index is 2210. The van der Waals surface area contributed by atoms with E-state index in [0.717, 1.165) is 11.0 Å². The molecule has 4 rings (SSSR count). The Labute approximate surface area is 304 Å². The van der Waals surface area contributed by atoms with Crippen LogP contribution in [0.5, 0.6) is 0 Å². The molecule has 2 amide bonds. The van der Waals surface area contributed by atoms with Crippen LogP contribution in [0.1, 0.15) is 62.9 Å². The number of anilines is 2. The fourth-order valence-corrected chi connectivity index (χ4v) is 5.78. The van der Waals surface area contributed by atoms with E-state index in [4.69, 9.17) is 4.74 Å². The van der Waals surface area contributed by atoms with Crippen molar-refractivity contribution in [1.29, 1.82) is 0 Å². The first-order chi connectivity index (χ1) is 24.9. The smallest absolute Gasteiger partial charge is 0.336 e. The van der Waals surface area contributed by atoms with Crippen LogP contribution in [0.4, 0.5) is 20.2 Å². The van der Waals surface area contributed by atoms with Crippen molar-refractivity contribution in [2.24, 2.45) is 12.5 Å². The summed E-state index contributed by atoms with van der Waals surface area (Å²) in [4.78, 5) is 67.0. The van der Waals surface area contributed by atoms with Gasteiger partial charge in [-0.15, -0.1) is 0 Å². The molecule has 0 unspecified atom stereocenters. The second-order valence-electron chi connectivity index (χ2n) is 13.1. The molecular weight excluding hydrogens is 714 g/mol. The van der Waals surface area contributed by atoms with Crippen molar-refractivity contribution >= 4 is 39.2 Å². The highest BCUT2D eigenvalue weighted by molar-refractivity contribution is 7.92. The molecule has 0 radical (unpaired) electrons. The van der Waals surface area contributed by atoms with E-state index >= 15 is 8.78 Å². The van der Waals surface area contributed by atoms with E-state index < -0.39 is 67.5 Å². The highest BCUT2D eigenvalue weighted by Crippen LogP contribution is 2.25. The van der Waals surface area contributed by atoms with Crippen molar-refractivity contribution < 1.29 is 36.3 Å². The summed E-state index contributed by atoms with van der Waals surface area (Å²) in [6, 6.07) is 8.98. The van der Waals surface area contributed by atoms with Gasteiger partial charge in [-0.1, -0.05) is 40.2 Å². The van der Waals surface area contributed by atoms with Crippen molar-refractivity contribution in [3.63, 3.8) is 0 Å². The zero-order valence-electron chi connectivity index (χ0n) is 29.7. The molecule has 0 aliphatic heterocycles. The third-order valence-electron chi connectivity index (χ3n) is 7.90. The van der Waals surface area contributed by atoms with Gasteiger partial charge in [-0.05, 0) is 61.2 Å². The molecule has 0 saturated carbocycles. The number of rotatable bonds is 14. The molecule has 0 spiro atoms. The highest BCUT2D eigenvalue weighted by Gasteiger charge is 2.27. The number of hydrogen-bond donors (Lipinski definition) is 3. The average Bonchev–Trinajstić information content (AvgIpc) is 3.10. The van der Waals surface area contributed by atoms with Gasteiger partial charge in [-0.25, -0.2) is 36.3 Å². The van der Waals surface area contributed by atoms with Crippen molar-refractivity contribution in [1.82, 2.24) is 19.4 Å². The second kappa shape index (κ2) is 16.8. The van der Waals surface area contributed by atoms with Gasteiger partial charge in [0.25, 0.3) is 21.5 Å². The summed E-state index contributed by atoms with van der Waals surface area (Å²) in [5.41, 5.74) is -2.55. The lowest BCUT2D eigenvalue weighted by molar-refractivity contribution is -0.146. The van der Waals surface area contributed by atoms with Crippen LogP contribution in [0.25, 0.3) is 5.82 Å². The van der Waals surface area contributed by atoms with Crippen molar-refractivity contribution in [2.45, 2.75) is 64.3 Å². The Kier molecular flexibility index (Phi) is 12.7. The van der Waals surface area contributed by atoms with Gasteiger partial charge in [0.2, 0.25) is 5.91 Å². The molecule has 0 bridgehead atoms. The Morgan fingerprint density at radius 1 is 0.981 bits per heavy atom. The number of benzene rings is 2. The number of unbranched alkanes of at least 4 members (excludes halogenated alkanes) is 1. The number of ether oxygens (including phenoxy) is 1. The van der Waals surface area contributed by atoms with Gasteiger partial charge in [0.05, 0.1) is 22.8 Å². The molecule has 0 aliphatic carbocycles. The number of pyridine rings is 1. The van der Waals surface area contributed by atoms with E-state index in [1.807, 2.05) is 11.6 Å². The zero-order chi connectivity index (χ0) is 39.1. The number of nitrogens with one attached hydrogen (secondary N) is 3. The first-order valence-corrected chi connectivity index (χ1v) is 18.0. The van der Waals surface area contributed by atoms with Crippen LogP contribution in [0.15, 0.2) is 81.5 Å². The van der Waals surface area contributed by atoms with E-state index in [0.29, 0.717) is 29.8 Å². The van der Waals surface area contributed by atoms with Crippen LogP contribution >= 0.6 is 0 Å². The van der Waals surface area contributed by atoms with E-state index in [1.165, 1.54) is 60.4 Å². The maximum absolute atomic E-state index is 15.3. The summed E-state index contributed by atoms with van der Waals surface area (Å²) >= 11 is 0. The van der Waals surface area contributed by atoms with E-state index in [1.54, 1.807) is 26.8 Å². The predicted octanol–water partition coefficient (Wildman–Crippen LogP) is 4.07. The summed E-state index contributed by atoms with van der Waals surface area (Å²) in [7, 11) is -2.95. The molecule has 4 aromatic rings. The number of carbonyl (C=O) groups is 3. The Balaban J connectivity index is 1.48. The van der Waals surface area contributed by atoms with Gasteiger partial charge in [0.15, 0.2) is 0 Å². The third kappa shape index (κ3) is 10.2. The average molecular weight is 755 g/mol. The maximum atomic E-state index is 15.3. The van der Waals surface area contributed by atoms with Crippen molar-refractivity contribution in [2.75, 3.05) is 16.6 Å². The first-order valence-electron chi connectivity index (χ1n) is 16.6. The molecular formula is C36H40F2N6O8S. The Hall–Kier alpha value is -5.71. The summed E-state index contributed by atoms with van der Waals surface area (Å²) in [6.07, 6.45) is 4.08. The summed E-state index contributed by atoms with van der Waals surface area (Å²) in [6.45, 7) is 7.07. The number of aryl methyl sites for hydroxylation is 2. The van der Waals surface area contributed by atoms with Crippen molar-refractivity contribution in [3.05, 3.63) is 111 Å². The minimum atomic E-state index is -4.43. The van der Waals surface area contributed by atoms with Gasteiger partial charge < -0.3 is 19.9 Å². The van der Waals surface area contributed by atoms with Crippen LogP contribution in [-0.2, 0) is 37.8 Å². The molecule has 1 atom stereocenters. The molecule has 0 saturated heterocycles. The number of hydrogen-bond acceptors (Lipinski definition) is 9. The number of nitrogens with zero attached hydrogens (tertiary/aromatic N) is 3. The molecule has 2 aromatic carbocycles. The van der Waals surface area contributed by atoms with Crippen LogP contribution in [-0.4, -0.2) is 53.0 Å². The van der Waals surface area contributed by atoms with E-state index in [9.17, 15) is 32.4 Å². The molecule has 2 aromatic heterocycles. The van der Waals surface area contributed by atoms with E-state index in [2.05, 4.69) is 15.6 Å². The lowest BCUT2D eigenvalue weighted by Gasteiger charge is -2.19. The minimum Gasteiger partial charge on any atom is -0.464 e. The van der Waals surface area contributed by atoms with Crippen LogP contribution in [0, 0.1) is 17.0 Å². The van der Waals surface area contributed by atoms with Gasteiger partial charge in [0, 0.05) is 42.7 Å². The molecule has 17 heteroatoms. The lowest BCUT2D eigenvalue weighted by atomic mass is 9.95. The van der Waals surface area contributed by atoms with Gasteiger partial charge in [-0.3, -0.25) is 19.1 Å².